The quantitative estimate of drug-likeness (QED) is 0.349. The fourth-order valence-electron chi connectivity index (χ4n) is 3.77. The van der Waals surface area contributed by atoms with Gasteiger partial charge in [-0.2, -0.15) is 8.78 Å². The largest absolute Gasteiger partial charge is 0.456 e. The molecule has 0 saturated carbocycles. The van der Waals surface area contributed by atoms with Crippen LogP contribution in [-0.4, -0.2) is 20.7 Å². The highest BCUT2D eigenvalue weighted by molar-refractivity contribution is 7.20. The summed E-state index contributed by atoms with van der Waals surface area (Å²) in [5.41, 5.74) is -0.650. The Morgan fingerprint density at radius 1 is 1.14 bits per heavy atom. The van der Waals surface area contributed by atoms with Crippen molar-refractivity contribution in [1.29, 1.82) is 0 Å². The monoisotopic (exact) mass is 524 g/mol. The smallest absolute Gasteiger partial charge is 0.349 e. The second-order valence-electron chi connectivity index (χ2n) is 8.96. The lowest BCUT2D eigenvalue weighted by Crippen LogP contribution is -2.40. The number of fused-ring (bicyclic) bond motifs is 1. The van der Waals surface area contributed by atoms with E-state index in [1.165, 1.54) is 4.57 Å². The Balaban J connectivity index is 2.21. The molecule has 0 saturated heterocycles. The molecule has 35 heavy (non-hydrogen) atoms. The van der Waals surface area contributed by atoms with Gasteiger partial charge in [0.15, 0.2) is 0 Å². The molecule has 10 heteroatoms. The van der Waals surface area contributed by atoms with E-state index in [2.05, 4.69) is 0 Å². The minimum atomic E-state index is -1.85. The molecule has 188 valence electrons. The van der Waals surface area contributed by atoms with E-state index < -0.39 is 28.9 Å². The number of hydrogen-bond acceptors (Lipinski definition) is 5. The molecular weight excluding hydrogens is 498 g/mol. The van der Waals surface area contributed by atoms with Gasteiger partial charge in [0.2, 0.25) is 0 Å². The van der Waals surface area contributed by atoms with E-state index in [1.54, 1.807) is 39.8 Å². The van der Waals surface area contributed by atoms with E-state index in [0.717, 1.165) is 27.5 Å². The number of benzene rings is 1. The number of hydrogen-bond donors (Lipinski definition) is 0. The maximum absolute atomic E-state index is 13.5. The summed E-state index contributed by atoms with van der Waals surface area (Å²) >= 11 is 7.22. The van der Waals surface area contributed by atoms with E-state index in [4.69, 9.17) is 16.3 Å². The summed E-state index contributed by atoms with van der Waals surface area (Å²) in [5.74, 6) is -0.591. The topological polar surface area (TPSA) is 70.3 Å². The van der Waals surface area contributed by atoms with Gasteiger partial charge in [0, 0.05) is 18.1 Å². The fraction of sp³-hybridized carbons (Fsp3) is 0.400. The number of halogens is 3. The van der Waals surface area contributed by atoms with Gasteiger partial charge in [0.1, 0.15) is 15.3 Å². The zero-order valence-corrected chi connectivity index (χ0v) is 21.6. The molecule has 3 aromatic rings. The second-order valence-corrected chi connectivity index (χ2v) is 10.4. The van der Waals surface area contributed by atoms with E-state index in [9.17, 15) is 23.2 Å². The molecule has 0 N–H and O–H groups in total. The van der Waals surface area contributed by atoms with Gasteiger partial charge in [-0.25, -0.2) is 9.59 Å². The van der Waals surface area contributed by atoms with Crippen molar-refractivity contribution in [3.05, 3.63) is 78.3 Å². The van der Waals surface area contributed by atoms with Crippen LogP contribution in [0.2, 0.25) is 5.02 Å². The lowest BCUT2D eigenvalue weighted by atomic mass is 10.1. The third-order valence-corrected chi connectivity index (χ3v) is 6.91. The molecule has 1 aromatic carbocycles. The molecule has 0 spiro atoms. The van der Waals surface area contributed by atoms with Crippen LogP contribution in [0.3, 0.4) is 0 Å². The van der Waals surface area contributed by atoms with Crippen LogP contribution in [0.25, 0.3) is 10.2 Å². The number of nitrogens with zero attached hydrogens (tertiary/aromatic N) is 2. The van der Waals surface area contributed by atoms with Gasteiger partial charge in [0.05, 0.1) is 5.39 Å². The minimum absolute atomic E-state index is 0.0470. The van der Waals surface area contributed by atoms with Crippen molar-refractivity contribution in [2.45, 2.75) is 65.6 Å². The molecule has 0 aliphatic carbocycles. The van der Waals surface area contributed by atoms with Crippen LogP contribution >= 0.6 is 22.9 Å². The summed E-state index contributed by atoms with van der Waals surface area (Å²) in [7, 11) is 0. The Labute approximate surface area is 210 Å². The Kier molecular flexibility index (Phi) is 8.33. The molecule has 3 rings (SSSR count). The highest BCUT2D eigenvalue weighted by Crippen LogP contribution is 2.31. The molecule has 0 atom stereocenters. The van der Waals surface area contributed by atoms with Crippen LogP contribution in [-0.2, 0) is 30.7 Å². The zero-order valence-electron chi connectivity index (χ0n) is 20.0. The normalized spacial score (nSPS) is 11.6. The van der Waals surface area contributed by atoms with Crippen LogP contribution in [0, 0.1) is 0 Å². The maximum atomic E-state index is 13.5. The van der Waals surface area contributed by atoms with Crippen LogP contribution in [0.4, 0.5) is 8.78 Å². The van der Waals surface area contributed by atoms with Crippen LogP contribution in [0.5, 0.6) is 0 Å². The third kappa shape index (κ3) is 6.08. The Bertz CT molecular complexity index is 1400. The van der Waals surface area contributed by atoms with Crippen molar-refractivity contribution in [3.63, 3.8) is 0 Å². The summed E-state index contributed by atoms with van der Waals surface area (Å²) < 4.78 is 33.3. The number of aromatic nitrogens is 2. The van der Waals surface area contributed by atoms with Crippen molar-refractivity contribution >= 4 is 39.1 Å². The number of aryl methyl sites for hydroxylation is 3. The molecule has 0 fully saturated rings. The number of rotatable bonds is 8. The van der Waals surface area contributed by atoms with Crippen LogP contribution in [0.15, 0.2) is 46.0 Å². The Morgan fingerprint density at radius 2 is 1.83 bits per heavy atom. The SMILES string of the molecule is CCc1c(C(=O)OC(C)(C)C)sc2c1c(=O)n(CCc1ccccc1Cl)c(=O)n2CCC=C(F)F. The predicted octanol–water partition coefficient (Wildman–Crippen LogP) is 5.81. The molecule has 0 radical (unpaired) electrons. The first-order chi connectivity index (χ1) is 16.4. The van der Waals surface area contributed by atoms with Crippen molar-refractivity contribution in [2.75, 3.05) is 0 Å². The first kappa shape index (κ1) is 26.8. The number of carbonyl (C=O) groups excluding carboxylic acids is 1. The number of ether oxygens (including phenoxy) is 1. The molecule has 0 aliphatic rings. The van der Waals surface area contributed by atoms with Crippen LogP contribution < -0.4 is 11.2 Å². The molecular formula is C25H27ClF2N2O4S. The lowest BCUT2D eigenvalue weighted by Gasteiger charge is -2.19. The van der Waals surface area contributed by atoms with Gasteiger partial charge in [-0.05, 0) is 63.3 Å². The number of allylic oxidation sites excluding steroid dienone is 1. The van der Waals surface area contributed by atoms with Crippen molar-refractivity contribution in [3.8, 4) is 0 Å². The van der Waals surface area contributed by atoms with E-state index in [0.29, 0.717) is 23.4 Å². The van der Waals surface area contributed by atoms with Gasteiger partial charge in [-0.3, -0.25) is 13.9 Å². The van der Waals surface area contributed by atoms with Gasteiger partial charge >= 0.3 is 11.7 Å². The minimum Gasteiger partial charge on any atom is -0.456 e. The van der Waals surface area contributed by atoms with E-state index in [-0.39, 0.29) is 34.6 Å². The molecule has 0 bridgehead atoms. The Hall–Kier alpha value is -2.78. The van der Waals surface area contributed by atoms with Gasteiger partial charge in [-0.1, -0.05) is 36.7 Å². The number of carbonyl (C=O) groups is 1. The molecule has 2 aromatic heterocycles. The lowest BCUT2D eigenvalue weighted by molar-refractivity contribution is 0.00743. The molecule has 0 amide bonds. The second kappa shape index (κ2) is 10.9. The summed E-state index contributed by atoms with van der Waals surface area (Å²) in [6, 6.07) is 7.12. The summed E-state index contributed by atoms with van der Waals surface area (Å²) in [6.07, 6.45) is -0.562. The molecule has 6 nitrogen and oxygen atoms in total. The van der Waals surface area contributed by atoms with Crippen molar-refractivity contribution in [2.24, 2.45) is 0 Å². The predicted molar refractivity (Wildman–Crippen MR) is 135 cm³/mol. The highest BCUT2D eigenvalue weighted by atomic mass is 35.5. The standard InChI is InChI=1S/C25H27ClF2N2O4S/c1-5-16-19-21(31)29(14-12-15-9-6-7-10-17(15)26)24(33)30(13-8-11-18(27)28)22(19)35-20(16)23(32)34-25(2,3)4/h6-7,9-11H,5,8,12-14H2,1-4H3. The fourth-order valence-corrected chi connectivity index (χ4v) is 5.28. The number of thiophene rings is 1. The first-order valence-corrected chi connectivity index (χ1v) is 12.4. The van der Waals surface area contributed by atoms with Crippen molar-refractivity contribution < 1.29 is 18.3 Å². The summed E-state index contributed by atoms with van der Waals surface area (Å²) in [6.45, 7) is 6.99. The molecule has 0 unspecified atom stereocenters. The third-order valence-electron chi connectivity index (χ3n) is 5.31. The molecule has 0 aliphatic heterocycles. The Morgan fingerprint density at radius 3 is 2.43 bits per heavy atom. The first-order valence-electron chi connectivity index (χ1n) is 11.2. The average Bonchev–Trinajstić information content (AvgIpc) is 3.15. The van der Waals surface area contributed by atoms with Gasteiger partial charge in [0.25, 0.3) is 11.6 Å². The summed E-state index contributed by atoms with van der Waals surface area (Å²) in [4.78, 5) is 40.3. The van der Waals surface area contributed by atoms with Gasteiger partial charge < -0.3 is 4.74 Å². The molecule has 2 heterocycles. The zero-order chi connectivity index (χ0) is 25.9. The van der Waals surface area contributed by atoms with E-state index in [1.807, 2.05) is 12.1 Å². The highest BCUT2D eigenvalue weighted by Gasteiger charge is 2.27. The van der Waals surface area contributed by atoms with Crippen LogP contribution in [0.1, 0.15) is 54.9 Å². The summed E-state index contributed by atoms with van der Waals surface area (Å²) in [5, 5.41) is 0.754. The van der Waals surface area contributed by atoms with Crippen molar-refractivity contribution in [1.82, 2.24) is 9.13 Å². The van der Waals surface area contributed by atoms with E-state index >= 15 is 0 Å². The maximum Gasteiger partial charge on any atom is 0.349 e. The number of esters is 1. The average molecular weight is 525 g/mol. The van der Waals surface area contributed by atoms with Gasteiger partial charge in [-0.15, -0.1) is 11.3 Å².